The normalized spacial score (nSPS) is 15.0. The summed E-state index contributed by atoms with van der Waals surface area (Å²) in [5, 5.41) is 3.30. The number of aryl methyl sites for hydroxylation is 1. The van der Waals surface area contributed by atoms with E-state index >= 15 is 0 Å². The molecule has 1 aromatic carbocycles. The second kappa shape index (κ2) is 8.00. The molecule has 2 aromatic rings. The molecule has 0 saturated heterocycles. The lowest BCUT2D eigenvalue weighted by Gasteiger charge is -2.22. The van der Waals surface area contributed by atoms with Gasteiger partial charge in [-0.05, 0) is 52.2 Å². The molecule has 1 amide bonds. The number of ether oxygens (including phenoxy) is 2. The van der Waals surface area contributed by atoms with E-state index in [1.807, 2.05) is 58.0 Å². The smallest absolute Gasteiger partial charge is 0.407 e. The third kappa shape index (κ3) is 5.61. The number of hydrogen-bond donors (Lipinski definition) is 1. The van der Waals surface area contributed by atoms with Crippen LogP contribution in [0.3, 0.4) is 0 Å². The molecule has 3 rings (SSSR count). The molecular weight excluding hydrogens is 376 g/mol. The average molecular weight is 403 g/mol. The van der Waals surface area contributed by atoms with Gasteiger partial charge in [-0.3, -0.25) is 0 Å². The van der Waals surface area contributed by atoms with Gasteiger partial charge in [0.15, 0.2) is 0 Å². The van der Waals surface area contributed by atoms with Gasteiger partial charge in [-0.25, -0.2) is 9.78 Å². The lowest BCUT2D eigenvalue weighted by atomic mass is 10.1. The number of alkyl carbamates (subject to hydrolysis) is 1. The number of carbonyl (C=O) groups excluding carboxylic acids is 1. The fourth-order valence-corrected chi connectivity index (χ4v) is 3.02. The second-order valence-electron chi connectivity index (χ2n) is 8.52. The molecule has 0 bridgehead atoms. The minimum Gasteiger partial charge on any atom is -0.491 e. The van der Waals surface area contributed by atoms with Crippen LogP contribution in [0.4, 0.5) is 4.79 Å². The van der Waals surface area contributed by atoms with Gasteiger partial charge in [-0.15, -0.1) is 0 Å². The van der Waals surface area contributed by atoms with Gasteiger partial charge < -0.3 is 14.8 Å². The number of rotatable bonds is 6. The van der Waals surface area contributed by atoms with Crippen molar-refractivity contribution in [1.82, 2.24) is 10.3 Å². The van der Waals surface area contributed by atoms with Crippen LogP contribution in [-0.2, 0) is 4.74 Å². The van der Waals surface area contributed by atoms with E-state index in [0.29, 0.717) is 24.1 Å². The van der Waals surface area contributed by atoms with Crippen molar-refractivity contribution in [2.75, 3.05) is 13.2 Å². The molecule has 150 valence electrons. The summed E-state index contributed by atoms with van der Waals surface area (Å²) in [6.45, 7) is 8.64. The SMILES string of the molecule is Cc1ccc(-c2cc(OCC3(CNC(=O)OC(C)(C)C)CC3)cnc2Cl)cc1. The van der Waals surface area contributed by atoms with E-state index in [9.17, 15) is 4.79 Å². The maximum Gasteiger partial charge on any atom is 0.407 e. The summed E-state index contributed by atoms with van der Waals surface area (Å²) in [5.41, 5.74) is 2.49. The maximum absolute atomic E-state index is 11.9. The van der Waals surface area contributed by atoms with Crippen molar-refractivity contribution in [3.63, 3.8) is 0 Å². The third-order valence-electron chi connectivity index (χ3n) is 4.69. The Morgan fingerprint density at radius 3 is 2.54 bits per heavy atom. The highest BCUT2D eigenvalue weighted by Crippen LogP contribution is 2.45. The first kappa shape index (κ1) is 20.5. The molecule has 1 aliphatic carbocycles. The fourth-order valence-electron chi connectivity index (χ4n) is 2.80. The van der Waals surface area contributed by atoms with Crippen LogP contribution in [0.2, 0.25) is 5.15 Å². The molecule has 0 radical (unpaired) electrons. The van der Waals surface area contributed by atoms with Crippen LogP contribution in [0.1, 0.15) is 39.2 Å². The number of aromatic nitrogens is 1. The van der Waals surface area contributed by atoms with Gasteiger partial charge in [0.2, 0.25) is 0 Å². The summed E-state index contributed by atoms with van der Waals surface area (Å²) in [7, 11) is 0. The Kier molecular flexibility index (Phi) is 5.84. The van der Waals surface area contributed by atoms with Gasteiger partial charge in [0.1, 0.15) is 16.5 Å². The molecule has 0 spiro atoms. The average Bonchev–Trinajstić information content (AvgIpc) is 3.39. The lowest BCUT2D eigenvalue weighted by molar-refractivity contribution is 0.0509. The first-order valence-corrected chi connectivity index (χ1v) is 9.86. The van der Waals surface area contributed by atoms with Crippen molar-refractivity contribution >= 4 is 17.7 Å². The van der Waals surface area contributed by atoms with Crippen molar-refractivity contribution < 1.29 is 14.3 Å². The van der Waals surface area contributed by atoms with Crippen molar-refractivity contribution in [2.24, 2.45) is 5.41 Å². The number of benzene rings is 1. The number of nitrogens with zero attached hydrogens (tertiary/aromatic N) is 1. The highest BCUT2D eigenvalue weighted by molar-refractivity contribution is 6.32. The summed E-state index contributed by atoms with van der Waals surface area (Å²) in [6.07, 6.45) is 3.26. The largest absolute Gasteiger partial charge is 0.491 e. The van der Waals surface area contributed by atoms with Gasteiger partial charge in [-0.1, -0.05) is 41.4 Å². The van der Waals surface area contributed by atoms with Gasteiger partial charge in [0, 0.05) is 17.5 Å². The van der Waals surface area contributed by atoms with Crippen molar-refractivity contribution in [2.45, 2.75) is 46.1 Å². The molecule has 0 unspecified atom stereocenters. The van der Waals surface area contributed by atoms with Crippen LogP contribution >= 0.6 is 11.6 Å². The highest BCUT2D eigenvalue weighted by Gasteiger charge is 2.44. The van der Waals surface area contributed by atoms with Crippen molar-refractivity contribution in [1.29, 1.82) is 0 Å². The number of pyridine rings is 1. The topological polar surface area (TPSA) is 60.5 Å². The Bertz CT molecular complexity index is 840. The van der Waals surface area contributed by atoms with Crippen LogP contribution in [0.5, 0.6) is 5.75 Å². The lowest BCUT2D eigenvalue weighted by Crippen LogP contribution is -2.37. The monoisotopic (exact) mass is 402 g/mol. The highest BCUT2D eigenvalue weighted by atomic mass is 35.5. The Balaban J connectivity index is 1.59. The fraction of sp³-hybridized carbons (Fsp3) is 0.455. The molecule has 28 heavy (non-hydrogen) atoms. The maximum atomic E-state index is 11.9. The van der Waals surface area contributed by atoms with Crippen molar-refractivity contribution in [3.05, 3.63) is 47.2 Å². The first-order chi connectivity index (χ1) is 13.2. The Hall–Kier alpha value is -2.27. The van der Waals surface area contributed by atoms with Crippen molar-refractivity contribution in [3.8, 4) is 16.9 Å². The summed E-state index contributed by atoms with van der Waals surface area (Å²) in [5.74, 6) is 0.670. The number of amides is 1. The number of nitrogens with one attached hydrogen (secondary N) is 1. The predicted molar refractivity (Wildman–Crippen MR) is 111 cm³/mol. The summed E-state index contributed by atoms with van der Waals surface area (Å²) < 4.78 is 11.3. The van der Waals surface area contributed by atoms with E-state index in [0.717, 1.165) is 24.0 Å². The molecule has 1 aliphatic rings. The van der Waals surface area contributed by atoms with Crippen LogP contribution in [0, 0.1) is 12.3 Å². The molecule has 1 fully saturated rings. The van der Waals surface area contributed by atoms with E-state index in [2.05, 4.69) is 10.3 Å². The van der Waals surface area contributed by atoms with Gasteiger partial charge in [0.25, 0.3) is 0 Å². The van der Waals surface area contributed by atoms with Crippen LogP contribution < -0.4 is 10.1 Å². The zero-order chi connectivity index (χ0) is 20.4. The molecule has 1 saturated carbocycles. The minimum absolute atomic E-state index is 0.0411. The predicted octanol–water partition coefficient (Wildman–Crippen LogP) is 5.39. The van der Waals surface area contributed by atoms with Crippen LogP contribution in [0.15, 0.2) is 36.5 Å². The molecule has 5 nitrogen and oxygen atoms in total. The first-order valence-electron chi connectivity index (χ1n) is 9.48. The van der Waals surface area contributed by atoms with Crippen LogP contribution in [-0.4, -0.2) is 29.8 Å². The molecule has 6 heteroatoms. The van der Waals surface area contributed by atoms with E-state index in [-0.39, 0.29) is 5.41 Å². The Morgan fingerprint density at radius 1 is 1.25 bits per heavy atom. The molecule has 1 N–H and O–H groups in total. The summed E-state index contributed by atoms with van der Waals surface area (Å²) >= 11 is 6.28. The zero-order valence-electron chi connectivity index (χ0n) is 16.8. The number of hydrogen-bond acceptors (Lipinski definition) is 4. The quantitative estimate of drug-likeness (QED) is 0.657. The molecule has 1 aromatic heterocycles. The van der Waals surface area contributed by atoms with E-state index < -0.39 is 11.7 Å². The van der Waals surface area contributed by atoms with Gasteiger partial charge >= 0.3 is 6.09 Å². The molecule has 0 aliphatic heterocycles. The van der Waals surface area contributed by atoms with Gasteiger partial charge in [0.05, 0.1) is 12.8 Å². The summed E-state index contributed by atoms with van der Waals surface area (Å²) in [4.78, 5) is 16.1. The van der Waals surface area contributed by atoms with Crippen LogP contribution in [0.25, 0.3) is 11.1 Å². The van der Waals surface area contributed by atoms with Gasteiger partial charge in [-0.2, -0.15) is 0 Å². The molecule has 1 heterocycles. The number of carbonyl (C=O) groups is 1. The Morgan fingerprint density at radius 2 is 1.93 bits per heavy atom. The standard InChI is InChI=1S/C22H27ClN2O3/c1-15-5-7-16(8-6-15)18-11-17(12-24-19(18)23)27-14-22(9-10-22)13-25-20(26)28-21(2,3)4/h5-8,11-12H,9-10,13-14H2,1-4H3,(H,25,26). The minimum atomic E-state index is -0.501. The Labute approximate surface area is 171 Å². The van der Waals surface area contributed by atoms with E-state index in [1.165, 1.54) is 5.56 Å². The zero-order valence-corrected chi connectivity index (χ0v) is 17.6. The van der Waals surface area contributed by atoms with E-state index in [4.69, 9.17) is 21.1 Å². The van der Waals surface area contributed by atoms with E-state index in [1.54, 1.807) is 6.20 Å². The molecule has 0 atom stereocenters. The third-order valence-corrected chi connectivity index (χ3v) is 4.99. The summed E-state index contributed by atoms with van der Waals surface area (Å²) in [6, 6.07) is 10.0. The second-order valence-corrected chi connectivity index (χ2v) is 8.88. The number of halogens is 1. The molecular formula is C22H27ClN2O3.